The van der Waals surface area contributed by atoms with E-state index < -0.39 is 17.9 Å². The van der Waals surface area contributed by atoms with E-state index in [1.807, 2.05) is 0 Å². The summed E-state index contributed by atoms with van der Waals surface area (Å²) in [5.41, 5.74) is 1.05. The number of hydrogen-bond donors (Lipinski definition) is 3. The summed E-state index contributed by atoms with van der Waals surface area (Å²) in [6.45, 7) is 2.13. The molecule has 0 saturated carbocycles. The van der Waals surface area contributed by atoms with Gasteiger partial charge in [-0.3, -0.25) is 9.69 Å². The number of carboxylic acid groups (broad SMARTS) is 1. The molecule has 2 aliphatic heterocycles. The molecule has 3 N–H and O–H groups in total. The molecule has 2 heterocycles. The van der Waals surface area contributed by atoms with Crippen molar-refractivity contribution in [3.8, 4) is 0 Å². The maximum Gasteiger partial charge on any atom is 0.326 e. The standard InChI is InChI=1S/C17H21N3O5/c21-15(19-14(16(22)23)12-2-1-9-25-10-12)11-3-5-13(6-4-11)20-8-7-18-17(20)24/h3-6,12,14H,1-2,7-10H2,(H,18,24)(H,19,21)(H,22,23)/t12-,14+/m1/s1. The molecule has 1 aromatic rings. The lowest BCUT2D eigenvalue weighted by molar-refractivity contribution is -0.142. The van der Waals surface area contributed by atoms with Crippen LogP contribution in [0.5, 0.6) is 0 Å². The van der Waals surface area contributed by atoms with Gasteiger partial charge in [0.05, 0.1) is 6.61 Å². The van der Waals surface area contributed by atoms with Gasteiger partial charge in [0, 0.05) is 36.9 Å². The van der Waals surface area contributed by atoms with E-state index in [0.29, 0.717) is 44.0 Å². The van der Waals surface area contributed by atoms with Gasteiger partial charge in [-0.25, -0.2) is 9.59 Å². The molecule has 2 saturated heterocycles. The van der Waals surface area contributed by atoms with E-state index in [0.717, 1.165) is 6.42 Å². The van der Waals surface area contributed by atoms with Gasteiger partial charge in [0.1, 0.15) is 6.04 Å². The van der Waals surface area contributed by atoms with Crippen molar-refractivity contribution in [1.29, 1.82) is 0 Å². The van der Waals surface area contributed by atoms with E-state index in [9.17, 15) is 19.5 Å². The molecule has 0 unspecified atom stereocenters. The Kier molecular flexibility index (Phi) is 5.18. The molecule has 0 bridgehead atoms. The first kappa shape index (κ1) is 17.2. The van der Waals surface area contributed by atoms with Crippen molar-refractivity contribution < 1.29 is 24.2 Å². The van der Waals surface area contributed by atoms with Crippen molar-refractivity contribution in [3.05, 3.63) is 29.8 Å². The van der Waals surface area contributed by atoms with Crippen molar-refractivity contribution in [2.45, 2.75) is 18.9 Å². The highest BCUT2D eigenvalue weighted by Crippen LogP contribution is 2.20. The van der Waals surface area contributed by atoms with Gasteiger partial charge in [-0.15, -0.1) is 0 Å². The summed E-state index contributed by atoms with van der Waals surface area (Å²) in [5, 5.41) is 14.7. The molecule has 2 atom stereocenters. The first-order chi connectivity index (χ1) is 12.1. The molecule has 8 nitrogen and oxygen atoms in total. The van der Waals surface area contributed by atoms with Crippen molar-refractivity contribution >= 4 is 23.6 Å². The van der Waals surface area contributed by atoms with Crippen LogP contribution in [0.2, 0.25) is 0 Å². The number of anilines is 1. The third kappa shape index (κ3) is 3.90. The van der Waals surface area contributed by atoms with Gasteiger partial charge < -0.3 is 20.5 Å². The molecule has 3 rings (SSSR count). The molecule has 8 heteroatoms. The Morgan fingerprint density at radius 3 is 2.64 bits per heavy atom. The highest BCUT2D eigenvalue weighted by Gasteiger charge is 2.31. The lowest BCUT2D eigenvalue weighted by Gasteiger charge is -2.28. The number of benzene rings is 1. The van der Waals surface area contributed by atoms with Crippen LogP contribution in [0.15, 0.2) is 24.3 Å². The summed E-state index contributed by atoms with van der Waals surface area (Å²) in [7, 11) is 0. The molecule has 0 radical (unpaired) electrons. The Bertz CT molecular complexity index is 655. The van der Waals surface area contributed by atoms with Crippen LogP contribution >= 0.6 is 0 Å². The second kappa shape index (κ2) is 7.52. The summed E-state index contributed by atoms with van der Waals surface area (Å²) < 4.78 is 5.33. The van der Waals surface area contributed by atoms with E-state index >= 15 is 0 Å². The fourth-order valence-corrected chi connectivity index (χ4v) is 3.15. The third-order valence-corrected chi connectivity index (χ3v) is 4.52. The molecule has 2 fully saturated rings. The van der Waals surface area contributed by atoms with Gasteiger partial charge >= 0.3 is 12.0 Å². The predicted molar refractivity (Wildman–Crippen MR) is 89.6 cm³/mol. The van der Waals surface area contributed by atoms with Crippen molar-refractivity contribution in [2.75, 3.05) is 31.2 Å². The lowest BCUT2D eigenvalue weighted by Crippen LogP contribution is -2.48. The number of aliphatic carboxylic acids is 1. The number of hydrogen-bond acceptors (Lipinski definition) is 4. The number of rotatable bonds is 5. The van der Waals surface area contributed by atoms with Crippen LogP contribution in [0.25, 0.3) is 0 Å². The molecular formula is C17H21N3O5. The number of carbonyl (C=O) groups excluding carboxylic acids is 2. The number of carbonyl (C=O) groups is 3. The van der Waals surface area contributed by atoms with Crippen LogP contribution in [-0.2, 0) is 9.53 Å². The number of nitrogens with one attached hydrogen (secondary N) is 2. The van der Waals surface area contributed by atoms with Gasteiger partial charge in [-0.1, -0.05) is 0 Å². The summed E-state index contributed by atoms with van der Waals surface area (Å²) in [5.74, 6) is -1.74. The lowest BCUT2D eigenvalue weighted by atomic mass is 9.93. The van der Waals surface area contributed by atoms with Crippen LogP contribution in [0, 0.1) is 5.92 Å². The average molecular weight is 347 g/mol. The maximum atomic E-state index is 12.4. The van der Waals surface area contributed by atoms with Crippen molar-refractivity contribution in [2.24, 2.45) is 5.92 Å². The Morgan fingerprint density at radius 1 is 1.32 bits per heavy atom. The number of amides is 3. The molecule has 0 spiro atoms. The molecule has 25 heavy (non-hydrogen) atoms. The summed E-state index contributed by atoms with van der Waals surface area (Å²) in [6.07, 6.45) is 1.50. The summed E-state index contributed by atoms with van der Waals surface area (Å²) in [6, 6.07) is 5.40. The normalized spacial score (nSPS) is 21.5. The minimum absolute atomic E-state index is 0.166. The Labute approximate surface area is 145 Å². The summed E-state index contributed by atoms with van der Waals surface area (Å²) >= 11 is 0. The zero-order valence-corrected chi connectivity index (χ0v) is 13.7. The molecule has 134 valence electrons. The third-order valence-electron chi connectivity index (χ3n) is 4.52. The molecule has 0 aliphatic carbocycles. The summed E-state index contributed by atoms with van der Waals surface area (Å²) in [4.78, 5) is 37.1. The Hall–Kier alpha value is -2.61. The number of ether oxygens (including phenoxy) is 1. The second-order valence-electron chi connectivity index (χ2n) is 6.20. The van der Waals surface area contributed by atoms with E-state index in [4.69, 9.17) is 4.74 Å². The second-order valence-corrected chi connectivity index (χ2v) is 6.20. The van der Waals surface area contributed by atoms with Gasteiger partial charge in [-0.2, -0.15) is 0 Å². The molecular weight excluding hydrogens is 326 g/mol. The predicted octanol–water partition coefficient (Wildman–Crippen LogP) is 0.826. The minimum atomic E-state index is -1.06. The van der Waals surface area contributed by atoms with E-state index in [2.05, 4.69) is 10.6 Å². The maximum absolute atomic E-state index is 12.4. The van der Waals surface area contributed by atoms with Gasteiger partial charge in [0.25, 0.3) is 5.91 Å². The molecule has 2 aliphatic rings. The van der Waals surface area contributed by atoms with Gasteiger partial charge in [0.15, 0.2) is 0 Å². The topological polar surface area (TPSA) is 108 Å². The van der Waals surface area contributed by atoms with Crippen LogP contribution in [0.4, 0.5) is 10.5 Å². The Morgan fingerprint density at radius 2 is 2.08 bits per heavy atom. The zero-order chi connectivity index (χ0) is 17.8. The number of nitrogens with zero attached hydrogens (tertiary/aromatic N) is 1. The smallest absolute Gasteiger partial charge is 0.326 e. The fourth-order valence-electron chi connectivity index (χ4n) is 3.15. The van der Waals surface area contributed by atoms with E-state index in [-0.39, 0.29) is 11.9 Å². The fraction of sp³-hybridized carbons (Fsp3) is 0.471. The largest absolute Gasteiger partial charge is 0.480 e. The highest BCUT2D eigenvalue weighted by atomic mass is 16.5. The van der Waals surface area contributed by atoms with Crippen LogP contribution in [-0.4, -0.2) is 55.4 Å². The van der Waals surface area contributed by atoms with Crippen LogP contribution in [0.3, 0.4) is 0 Å². The molecule has 1 aromatic carbocycles. The highest BCUT2D eigenvalue weighted by molar-refractivity contribution is 5.98. The van der Waals surface area contributed by atoms with Gasteiger partial charge in [-0.05, 0) is 37.1 Å². The monoisotopic (exact) mass is 347 g/mol. The molecule has 0 aromatic heterocycles. The first-order valence-corrected chi connectivity index (χ1v) is 8.33. The van der Waals surface area contributed by atoms with Crippen LogP contribution < -0.4 is 15.5 Å². The number of carboxylic acids is 1. The van der Waals surface area contributed by atoms with E-state index in [1.165, 1.54) is 0 Å². The SMILES string of the molecule is O=C(N[C@H](C(=O)O)[C@@H]1CCCOC1)c1ccc(N2CCNC2=O)cc1. The van der Waals surface area contributed by atoms with Crippen molar-refractivity contribution in [1.82, 2.24) is 10.6 Å². The first-order valence-electron chi connectivity index (χ1n) is 8.33. The zero-order valence-electron chi connectivity index (χ0n) is 13.7. The van der Waals surface area contributed by atoms with E-state index in [1.54, 1.807) is 29.2 Å². The van der Waals surface area contributed by atoms with Crippen molar-refractivity contribution in [3.63, 3.8) is 0 Å². The average Bonchev–Trinajstić information content (AvgIpc) is 3.06. The quantitative estimate of drug-likeness (QED) is 0.731. The van der Waals surface area contributed by atoms with Crippen LogP contribution in [0.1, 0.15) is 23.2 Å². The minimum Gasteiger partial charge on any atom is -0.480 e. The number of urea groups is 1. The molecule has 3 amide bonds. The van der Waals surface area contributed by atoms with Gasteiger partial charge in [0.2, 0.25) is 0 Å². The Balaban J connectivity index is 1.67.